The van der Waals surface area contributed by atoms with Gasteiger partial charge in [0.15, 0.2) is 5.16 Å². The van der Waals surface area contributed by atoms with Gasteiger partial charge in [0.1, 0.15) is 10.6 Å². The molecular weight excluding hydrogens is 452 g/mol. The first-order valence-electron chi connectivity index (χ1n) is 12.0. The minimum absolute atomic E-state index is 0.0283. The molecule has 7 heteroatoms. The van der Waals surface area contributed by atoms with E-state index in [9.17, 15) is 4.79 Å². The zero-order valence-corrected chi connectivity index (χ0v) is 21.7. The van der Waals surface area contributed by atoms with E-state index in [0.717, 1.165) is 55.8 Å². The predicted molar refractivity (Wildman–Crippen MR) is 138 cm³/mol. The normalized spacial score (nSPS) is 15.8. The fourth-order valence-electron chi connectivity index (χ4n) is 4.26. The molecule has 0 fully saturated rings. The Morgan fingerprint density at radius 3 is 2.67 bits per heavy atom. The summed E-state index contributed by atoms with van der Waals surface area (Å²) in [5.74, 6) is 2.14. The van der Waals surface area contributed by atoms with Crippen molar-refractivity contribution in [2.24, 2.45) is 5.92 Å². The highest BCUT2D eigenvalue weighted by Crippen LogP contribution is 2.36. The second kappa shape index (κ2) is 11.1. The van der Waals surface area contributed by atoms with Gasteiger partial charge in [0.2, 0.25) is 0 Å². The Morgan fingerprint density at radius 2 is 1.97 bits per heavy atom. The summed E-state index contributed by atoms with van der Waals surface area (Å²) in [6.07, 6.45) is 7.06. The topological polar surface area (TPSA) is 53.4 Å². The van der Waals surface area contributed by atoms with Gasteiger partial charge in [0.05, 0.1) is 30.9 Å². The van der Waals surface area contributed by atoms with E-state index >= 15 is 0 Å². The molecular formula is C26H34N2O3S2. The zero-order valence-electron chi connectivity index (χ0n) is 20.1. The maximum atomic E-state index is 13.9. The summed E-state index contributed by atoms with van der Waals surface area (Å²) in [5, 5.41) is 1.54. The molecule has 0 amide bonds. The van der Waals surface area contributed by atoms with Gasteiger partial charge < -0.3 is 9.47 Å². The van der Waals surface area contributed by atoms with Crippen LogP contribution in [0.3, 0.4) is 0 Å². The summed E-state index contributed by atoms with van der Waals surface area (Å²) in [6, 6.07) is 7.68. The van der Waals surface area contributed by atoms with Crippen molar-refractivity contribution in [3.63, 3.8) is 0 Å². The minimum Gasteiger partial charge on any atom is -0.497 e. The number of thiophene rings is 1. The van der Waals surface area contributed by atoms with Crippen LogP contribution in [0, 0.1) is 5.92 Å². The van der Waals surface area contributed by atoms with Gasteiger partial charge in [-0.1, -0.05) is 58.2 Å². The first-order chi connectivity index (χ1) is 16.0. The van der Waals surface area contributed by atoms with E-state index in [-0.39, 0.29) is 11.7 Å². The lowest BCUT2D eigenvalue weighted by atomic mass is 9.96. The Labute approximate surface area is 204 Å². The van der Waals surface area contributed by atoms with Gasteiger partial charge in [0, 0.05) is 17.1 Å². The number of fused-ring (bicyclic) bond motifs is 3. The fraction of sp³-hybridized carbons (Fsp3) is 0.538. The molecule has 0 radical (unpaired) electrons. The third-order valence-electron chi connectivity index (χ3n) is 6.26. The van der Waals surface area contributed by atoms with Crippen LogP contribution < -0.4 is 10.3 Å². The molecule has 0 N–H and O–H groups in total. The van der Waals surface area contributed by atoms with Crippen molar-refractivity contribution in [1.29, 1.82) is 0 Å². The molecule has 0 bridgehead atoms. The Morgan fingerprint density at radius 1 is 1.21 bits per heavy atom. The van der Waals surface area contributed by atoms with Crippen LogP contribution in [0.2, 0.25) is 0 Å². The number of hydrogen-bond donors (Lipinski definition) is 0. The molecule has 4 rings (SSSR count). The number of thioether (sulfide) groups is 1. The van der Waals surface area contributed by atoms with Gasteiger partial charge in [-0.25, -0.2) is 4.98 Å². The van der Waals surface area contributed by atoms with E-state index in [0.29, 0.717) is 12.5 Å². The summed E-state index contributed by atoms with van der Waals surface area (Å²) in [4.78, 5) is 20.9. The molecule has 1 aliphatic heterocycles. The SMILES string of the molecule is CCCCCCCSc1nc2sc3c(c2c(=O)n1-c1ccc(OC)cc1)C[C@H](C(C)C)OC3. The van der Waals surface area contributed by atoms with Gasteiger partial charge in [-0.3, -0.25) is 9.36 Å². The largest absolute Gasteiger partial charge is 0.497 e. The second-order valence-corrected chi connectivity index (χ2v) is 11.1. The number of hydrogen-bond acceptors (Lipinski definition) is 6. The molecule has 3 heterocycles. The lowest BCUT2D eigenvalue weighted by molar-refractivity contribution is 0.00200. The monoisotopic (exact) mass is 486 g/mol. The van der Waals surface area contributed by atoms with Crippen molar-refractivity contribution in [1.82, 2.24) is 9.55 Å². The number of rotatable bonds is 10. The molecule has 33 heavy (non-hydrogen) atoms. The standard InChI is InChI=1S/C26H34N2O3S2/c1-5-6-7-8-9-14-32-26-27-24-23(20-15-21(17(2)3)31-16-22(20)33-24)25(29)28(26)18-10-12-19(30-4)13-11-18/h10-13,17,21H,5-9,14-16H2,1-4H3/t21-/m1/s1. The van der Waals surface area contributed by atoms with E-state index in [2.05, 4.69) is 20.8 Å². The van der Waals surface area contributed by atoms with Gasteiger partial charge in [-0.2, -0.15) is 0 Å². The molecule has 1 aliphatic rings. The number of nitrogens with zero attached hydrogens (tertiary/aromatic N) is 2. The van der Waals surface area contributed by atoms with Crippen LogP contribution in [0.1, 0.15) is 63.3 Å². The smallest absolute Gasteiger partial charge is 0.267 e. The van der Waals surface area contributed by atoms with E-state index in [4.69, 9.17) is 14.5 Å². The zero-order chi connectivity index (χ0) is 23.4. The quantitative estimate of drug-likeness (QED) is 0.183. The Kier molecular flexibility index (Phi) is 8.15. The van der Waals surface area contributed by atoms with Crippen LogP contribution in [0.4, 0.5) is 0 Å². The van der Waals surface area contributed by atoms with Crippen LogP contribution in [0.25, 0.3) is 15.9 Å². The summed E-state index contributed by atoms with van der Waals surface area (Å²) in [7, 11) is 1.65. The minimum atomic E-state index is 0.0283. The van der Waals surface area contributed by atoms with Crippen molar-refractivity contribution in [3.05, 3.63) is 45.1 Å². The first kappa shape index (κ1) is 24.3. The Bertz CT molecular complexity index is 1140. The number of ether oxygens (including phenoxy) is 2. The van der Waals surface area contributed by atoms with E-state index < -0.39 is 0 Å². The highest BCUT2D eigenvalue weighted by atomic mass is 32.2. The van der Waals surface area contributed by atoms with Crippen LogP contribution in [0.15, 0.2) is 34.2 Å². The van der Waals surface area contributed by atoms with Crippen LogP contribution in [-0.2, 0) is 17.8 Å². The van der Waals surface area contributed by atoms with Gasteiger partial charge in [-0.05, 0) is 42.2 Å². The first-order valence-corrected chi connectivity index (χ1v) is 13.8. The number of unbranched alkanes of at least 4 members (excludes halogenated alkanes) is 4. The molecule has 2 aromatic heterocycles. The number of aromatic nitrogens is 2. The van der Waals surface area contributed by atoms with E-state index in [1.165, 1.54) is 25.7 Å². The molecule has 0 saturated carbocycles. The highest BCUT2D eigenvalue weighted by Gasteiger charge is 2.28. The Hall–Kier alpha value is -1.83. The van der Waals surface area contributed by atoms with E-state index in [1.807, 2.05) is 24.3 Å². The van der Waals surface area contributed by atoms with Crippen LogP contribution in [-0.4, -0.2) is 28.5 Å². The average molecular weight is 487 g/mol. The average Bonchev–Trinajstić information content (AvgIpc) is 3.19. The number of benzene rings is 1. The molecule has 3 aromatic rings. The van der Waals surface area contributed by atoms with Crippen molar-refractivity contribution in [3.8, 4) is 11.4 Å². The molecule has 0 aliphatic carbocycles. The summed E-state index contributed by atoms with van der Waals surface area (Å²) in [5.41, 5.74) is 1.99. The molecule has 5 nitrogen and oxygen atoms in total. The van der Waals surface area contributed by atoms with Gasteiger partial charge in [-0.15, -0.1) is 11.3 Å². The molecule has 1 aromatic carbocycles. The summed E-state index contributed by atoms with van der Waals surface area (Å²) >= 11 is 3.31. The van der Waals surface area contributed by atoms with Crippen LogP contribution in [0.5, 0.6) is 5.75 Å². The molecule has 0 unspecified atom stereocenters. The third kappa shape index (κ3) is 5.31. The molecule has 178 valence electrons. The fourth-order valence-corrected chi connectivity index (χ4v) is 6.44. The van der Waals surface area contributed by atoms with Gasteiger partial charge in [0.25, 0.3) is 5.56 Å². The van der Waals surface area contributed by atoms with Crippen molar-refractivity contribution in [2.45, 2.75) is 77.2 Å². The summed E-state index contributed by atoms with van der Waals surface area (Å²) in [6.45, 7) is 7.15. The summed E-state index contributed by atoms with van der Waals surface area (Å²) < 4.78 is 13.2. The molecule has 0 saturated heterocycles. The van der Waals surface area contributed by atoms with Crippen molar-refractivity contribution >= 4 is 33.3 Å². The predicted octanol–water partition coefficient (Wildman–Crippen LogP) is 6.62. The second-order valence-electron chi connectivity index (χ2n) is 8.98. The van der Waals surface area contributed by atoms with E-state index in [1.54, 1.807) is 34.8 Å². The maximum Gasteiger partial charge on any atom is 0.267 e. The third-order valence-corrected chi connectivity index (χ3v) is 8.39. The van der Waals surface area contributed by atoms with Crippen molar-refractivity contribution in [2.75, 3.05) is 12.9 Å². The molecule has 1 atom stereocenters. The Balaban J connectivity index is 1.74. The van der Waals surface area contributed by atoms with Crippen LogP contribution >= 0.6 is 23.1 Å². The van der Waals surface area contributed by atoms with Gasteiger partial charge >= 0.3 is 0 Å². The lowest BCUT2D eigenvalue weighted by Gasteiger charge is -2.26. The van der Waals surface area contributed by atoms with Crippen molar-refractivity contribution < 1.29 is 9.47 Å². The molecule has 0 spiro atoms. The maximum absolute atomic E-state index is 13.9. The number of methoxy groups -OCH3 is 1. The highest BCUT2D eigenvalue weighted by molar-refractivity contribution is 7.99. The lowest BCUT2D eigenvalue weighted by Crippen LogP contribution is -2.28.